The number of benzene rings is 2. The van der Waals surface area contributed by atoms with Gasteiger partial charge in [-0.3, -0.25) is 4.79 Å². The maximum Gasteiger partial charge on any atom is 0.331 e. The van der Waals surface area contributed by atoms with Gasteiger partial charge in [0.05, 0.1) is 31.5 Å². The van der Waals surface area contributed by atoms with Crippen LogP contribution in [-0.2, 0) is 14.3 Å². The van der Waals surface area contributed by atoms with Gasteiger partial charge in [-0.2, -0.15) is 0 Å². The first-order chi connectivity index (χ1) is 18.5. The van der Waals surface area contributed by atoms with Gasteiger partial charge in [0.2, 0.25) is 5.91 Å². The van der Waals surface area contributed by atoms with Crippen LogP contribution in [0.25, 0.3) is 22.2 Å². The molecule has 1 saturated heterocycles. The Hall–Kier alpha value is -3.91. The van der Waals surface area contributed by atoms with E-state index in [4.69, 9.17) is 19.2 Å². The number of nitrogens with zero attached hydrogens (tertiary/aromatic N) is 1. The van der Waals surface area contributed by atoms with Crippen molar-refractivity contribution in [3.63, 3.8) is 0 Å². The average Bonchev–Trinajstić information content (AvgIpc) is 3.44. The minimum absolute atomic E-state index is 0.0573. The lowest BCUT2D eigenvalue weighted by Crippen LogP contribution is -2.51. The van der Waals surface area contributed by atoms with Crippen LogP contribution in [0.4, 0.5) is 0 Å². The van der Waals surface area contributed by atoms with Gasteiger partial charge < -0.3 is 24.8 Å². The zero-order valence-electron chi connectivity index (χ0n) is 21.7. The number of aromatic nitrogens is 1. The molecule has 1 saturated carbocycles. The third-order valence-electron chi connectivity index (χ3n) is 7.47. The summed E-state index contributed by atoms with van der Waals surface area (Å²) in [7, 11) is 2.98. The second kappa shape index (κ2) is 10.8. The van der Waals surface area contributed by atoms with Crippen molar-refractivity contribution in [1.29, 1.82) is 0 Å². The summed E-state index contributed by atoms with van der Waals surface area (Å²) >= 11 is 0. The number of amides is 1. The summed E-state index contributed by atoms with van der Waals surface area (Å²) in [5, 5.41) is 7.12. The highest BCUT2D eigenvalue weighted by atomic mass is 16.5. The zero-order chi connectivity index (χ0) is 26.7. The Balaban J connectivity index is 1.32. The predicted octanol–water partition coefficient (Wildman–Crippen LogP) is 4.03. The van der Waals surface area contributed by atoms with Gasteiger partial charge in [0, 0.05) is 36.0 Å². The highest BCUT2D eigenvalue weighted by molar-refractivity contribution is 5.93. The number of allylic oxidation sites excluding steroid dienone is 1. The van der Waals surface area contributed by atoms with Crippen LogP contribution in [0.1, 0.15) is 25.7 Å². The molecule has 0 spiro atoms. The van der Waals surface area contributed by atoms with E-state index in [0.717, 1.165) is 35.0 Å². The number of ether oxygens (including phenoxy) is 3. The lowest BCUT2D eigenvalue weighted by molar-refractivity contribution is -0.147. The highest BCUT2D eigenvalue weighted by Crippen LogP contribution is 2.47. The molecule has 8 nitrogen and oxygen atoms in total. The fourth-order valence-corrected chi connectivity index (χ4v) is 5.27. The van der Waals surface area contributed by atoms with Crippen LogP contribution in [-0.4, -0.2) is 55.3 Å². The fourth-order valence-electron chi connectivity index (χ4n) is 5.27. The van der Waals surface area contributed by atoms with Crippen LogP contribution in [0.5, 0.6) is 11.5 Å². The van der Waals surface area contributed by atoms with Gasteiger partial charge in [-0.05, 0) is 37.3 Å². The molecule has 0 radical (unpaired) electrons. The first-order valence-electron chi connectivity index (χ1n) is 12.9. The highest BCUT2D eigenvalue weighted by Gasteiger charge is 2.62. The summed E-state index contributed by atoms with van der Waals surface area (Å²) in [6, 6.07) is 17.1. The van der Waals surface area contributed by atoms with E-state index in [1.165, 1.54) is 7.11 Å². The smallest absolute Gasteiger partial charge is 0.331 e. The Morgan fingerprint density at radius 2 is 2.00 bits per heavy atom. The summed E-state index contributed by atoms with van der Waals surface area (Å²) in [4.78, 5) is 30.5. The molecule has 3 aromatic rings. The molecule has 198 valence electrons. The molecule has 1 unspecified atom stereocenters. The van der Waals surface area contributed by atoms with E-state index in [0.29, 0.717) is 30.9 Å². The quantitative estimate of drug-likeness (QED) is 0.311. The first-order valence-corrected chi connectivity index (χ1v) is 12.9. The molecule has 1 aliphatic carbocycles. The minimum atomic E-state index is -0.944. The van der Waals surface area contributed by atoms with Crippen LogP contribution in [0.15, 0.2) is 67.3 Å². The van der Waals surface area contributed by atoms with Crippen LogP contribution in [0, 0.1) is 5.92 Å². The van der Waals surface area contributed by atoms with Crippen LogP contribution in [0.2, 0.25) is 0 Å². The summed E-state index contributed by atoms with van der Waals surface area (Å²) in [5.74, 6) is 0.866. The summed E-state index contributed by atoms with van der Waals surface area (Å²) < 4.78 is 16.9. The molecule has 2 N–H and O–H groups in total. The van der Waals surface area contributed by atoms with Crippen molar-refractivity contribution >= 4 is 22.8 Å². The molecule has 1 aliphatic heterocycles. The van der Waals surface area contributed by atoms with Crippen LogP contribution in [0.3, 0.4) is 0 Å². The van der Waals surface area contributed by atoms with E-state index in [2.05, 4.69) is 17.2 Å². The molecule has 2 aliphatic rings. The van der Waals surface area contributed by atoms with E-state index in [1.54, 1.807) is 7.11 Å². The van der Waals surface area contributed by atoms with Crippen molar-refractivity contribution in [2.45, 2.75) is 43.4 Å². The molecule has 1 aromatic heterocycles. The Morgan fingerprint density at radius 3 is 2.74 bits per heavy atom. The van der Waals surface area contributed by atoms with Crippen molar-refractivity contribution in [3.8, 4) is 22.8 Å². The topological polar surface area (TPSA) is 98.8 Å². The first kappa shape index (κ1) is 25.7. The molecule has 0 bridgehead atoms. The number of hydrogen-bond donors (Lipinski definition) is 2. The third-order valence-corrected chi connectivity index (χ3v) is 7.47. The van der Waals surface area contributed by atoms with Gasteiger partial charge in [0.15, 0.2) is 0 Å². The van der Waals surface area contributed by atoms with Crippen molar-refractivity contribution in [1.82, 2.24) is 15.6 Å². The lowest BCUT2D eigenvalue weighted by Gasteiger charge is -2.20. The number of methoxy groups -OCH3 is 2. The molecule has 2 fully saturated rings. The van der Waals surface area contributed by atoms with Gasteiger partial charge >= 0.3 is 5.97 Å². The zero-order valence-corrected chi connectivity index (χ0v) is 21.7. The van der Waals surface area contributed by atoms with E-state index in [1.807, 2.05) is 60.7 Å². The van der Waals surface area contributed by atoms with E-state index in [-0.39, 0.29) is 17.9 Å². The fraction of sp³-hybridized carbons (Fsp3) is 0.367. The SMILES string of the molecule is C=CCCC1C[C@]1(NC(=O)[C@@H]1C[C@@H](Oc2cc(-c3ccccc3)nc3cc(OC)ccc23)CN1)C(=O)OC. The maximum absolute atomic E-state index is 13.2. The molecular weight excluding hydrogens is 482 g/mol. The number of hydrogen-bond acceptors (Lipinski definition) is 7. The van der Waals surface area contributed by atoms with Gasteiger partial charge in [0.25, 0.3) is 0 Å². The summed E-state index contributed by atoms with van der Waals surface area (Å²) in [6.07, 6.45) is 4.22. The lowest BCUT2D eigenvalue weighted by atomic mass is 10.1. The van der Waals surface area contributed by atoms with Crippen molar-refractivity contribution in [3.05, 3.63) is 67.3 Å². The standard InChI is InChI=1S/C30H33N3O5/c1-4-5-11-20-17-30(20,29(35)37-3)33-28(34)26-15-22(18-31-26)38-27-16-24(19-9-7-6-8-10-19)32-25-14-21(36-2)12-13-23(25)27/h4,6-10,12-14,16,20,22,26,31H,1,5,11,15,17-18H2,2-3H3,(H,33,34)/t20?,22-,26+,30-/m1/s1. The van der Waals surface area contributed by atoms with Crippen LogP contribution >= 0.6 is 0 Å². The largest absolute Gasteiger partial charge is 0.497 e. The summed E-state index contributed by atoms with van der Waals surface area (Å²) in [5.41, 5.74) is 1.59. The van der Waals surface area contributed by atoms with Crippen LogP contribution < -0.4 is 20.1 Å². The molecule has 4 atom stereocenters. The number of pyridine rings is 1. The number of rotatable bonds is 10. The monoisotopic (exact) mass is 515 g/mol. The number of carbonyl (C=O) groups is 2. The summed E-state index contributed by atoms with van der Waals surface area (Å²) in [6.45, 7) is 4.26. The molecular formula is C30H33N3O5. The van der Waals surface area contributed by atoms with Crippen molar-refractivity contribution in [2.24, 2.45) is 5.92 Å². The molecule has 2 heterocycles. The normalized spacial score (nSPS) is 24.0. The van der Waals surface area contributed by atoms with Gasteiger partial charge in [-0.25, -0.2) is 9.78 Å². The Kier molecular flexibility index (Phi) is 7.33. The Labute approximate surface area is 222 Å². The molecule has 2 aromatic carbocycles. The van der Waals surface area contributed by atoms with Gasteiger partial charge in [-0.15, -0.1) is 6.58 Å². The molecule has 1 amide bonds. The number of fused-ring (bicyclic) bond motifs is 1. The average molecular weight is 516 g/mol. The van der Waals surface area contributed by atoms with E-state index < -0.39 is 17.6 Å². The second-order valence-electron chi connectivity index (χ2n) is 9.91. The van der Waals surface area contributed by atoms with Crippen molar-refractivity contribution in [2.75, 3.05) is 20.8 Å². The maximum atomic E-state index is 13.2. The minimum Gasteiger partial charge on any atom is -0.497 e. The Bertz CT molecular complexity index is 1340. The molecule has 5 rings (SSSR count). The van der Waals surface area contributed by atoms with Gasteiger partial charge in [0.1, 0.15) is 23.1 Å². The number of nitrogens with one attached hydrogen (secondary N) is 2. The van der Waals surface area contributed by atoms with Gasteiger partial charge in [-0.1, -0.05) is 36.4 Å². The molecule has 38 heavy (non-hydrogen) atoms. The number of carbonyl (C=O) groups excluding carboxylic acids is 2. The Morgan fingerprint density at radius 1 is 1.18 bits per heavy atom. The second-order valence-corrected chi connectivity index (χ2v) is 9.91. The third kappa shape index (κ3) is 5.09. The predicted molar refractivity (Wildman–Crippen MR) is 145 cm³/mol. The van der Waals surface area contributed by atoms with Crippen molar-refractivity contribution < 1.29 is 23.8 Å². The number of esters is 1. The van der Waals surface area contributed by atoms with E-state index >= 15 is 0 Å². The molecule has 8 heteroatoms. The van der Waals surface area contributed by atoms with E-state index in [9.17, 15) is 9.59 Å².